The third-order valence-corrected chi connectivity index (χ3v) is 5.25. The van der Waals surface area contributed by atoms with Gasteiger partial charge in [0, 0.05) is 21.0 Å². The van der Waals surface area contributed by atoms with Crippen LogP contribution in [0.4, 0.5) is 5.13 Å². The van der Waals surface area contributed by atoms with E-state index in [1.54, 1.807) is 38.3 Å². The number of halogens is 1. The summed E-state index contributed by atoms with van der Waals surface area (Å²) in [6.07, 6.45) is 0. The van der Waals surface area contributed by atoms with Crippen LogP contribution in [0.2, 0.25) is 0 Å². The Balaban J connectivity index is 1.60. The lowest BCUT2D eigenvalue weighted by atomic mass is 10.2. The zero-order valence-corrected chi connectivity index (χ0v) is 17.6. The topological polar surface area (TPSA) is 80.3 Å². The number of hydrogen-bond donors (Lipinski definition) is 2. The molecule has 28 heavy (non-hydrogen) atoms. The maximum absolute atomic E-state index is 12.4. The van der Waals surface area contributed by atoms with Crippen molar-refractivity contribution in [2.24, 2.45) is 0 Å². The van der Waals surface area contributed by atoms with Crippen LogP contribution in [0, 0.1) is 0 Å². The number of carbonyl (C=O) groups is 2. The van der Waals surface area contributed by atoms with Crippen molar-refractivity contribution in [3.05, 3.63) is 63.9 Å². The van der Waals surface area contributed by atoms with E-state index in [2.05, 4.69) is 31.5 Å². The first-order chi connectivity index (χ1) is 13.5. The molecule has 0 spiro atoms. The largest absolute Gasteiger partial charge is 0.497 e. The summed E-state index contributed by atoms with van der Waals surface area (Å²) in [7, 11) is 1.61. The molecule has 1 unspecified atom stereocenters. The van der Waals surface area contributed by atoms with Crippen molar-refractivity contribution in [1.29, 1.82) is 0 Å². The molecular weight excluding hydrogens is 442 g/mol. The molecule has 1 heterocycles. The molecule has 144 valence electrons. The van der Waals surface area contributed by atoms with Crippen molar-refractivity contribution in [2.45, 2.75) is 13.0 Å². The Kier molecular flexibility index (Phi) is 6.43. The zero-order valence-electron chi connectivity index (χ0n) is 15.2. The van der Waals surface area contributed by atoms with Crippen molar-refractivity contribution in [3.8, 4) is 17.0 Å². The minimum Gasteiger partial charge on any atom is -0.497 e. The molecule has 0 aliphatic carbocycles. The number of nitrogens with one attached hydrogen (secondary N) is 2. The number of anilines is 1. The molecule has 2 aromatic carbocycles. The zero-order chi connectivity index (χ0) is 20.1. The Hall–Kier alpha value is -2.71. The lowest BCUT2D eigenvalue weighted by Crippen LogP contribution is -2.41. The lowest BCUT2D eigenvalue weighted by molar-refractivity contribution is -0.117. The van der Waals surface area contributed by atoms with E-state index in [-0.39, 0.29) is 11.8 Å². The van der Waals surface area contributed by atoms with Gasteiger partial charge in [-0.05, 0) is 55.5 Å². The van der Waals surface area contributed by atoms with Gasteiger partial charge in [-0.25, -0.2) is 4.98 Å². The molecule has 2 N–H and O–H groups in total. The normalized spacial score (nSPS) is 11.5. The maximum Gasteiger partial charge on any atom is 0.251 e. The molecular formula is C20H18BrN3O3S. The number of ether oxygens (including phenoxy) is 1. The molecule has 1 aromatic heterocycles. The Bertz CT molecular complexity index is 971. The van der Waals surface area contributed by atoms with Crippen molar-refractivity contribution < 1.29 is 14.3 Å². The summed E-state index contributed by atoms with van der Waals surface area (Å²) in [4.78, 5) is 29.0. The standard InChI is InChI=1S/C20H18BrN3O3S/c1-12(22-19(26)14-3-7-15(21)8-4-14)18(25)24-20-23-17(11-28-20)13-5-9-16(27-2)10-6-13/h3-12H,1-2H3,(H,22,26)(H,23,24,25). The van der Waals surface area contributed by atoms with E-state index in [1.165, 1.54) is 11.3 Å². The van der Waals surface area contributed by atoms with E-state index in [1.807, 2.05) is 29.6 Å². The lowest BCUT2D eigenvalue weighted by Gasteiger charge is -2.13. The molecule has 0 bridgehead atoms. The minimum atomic E-state index is -0.704. The minimum absolute atomic E-state index is 0.312. The Morgan fingerprint density at radius 3 is 2.43 bits per heavy atom. The number of aromatic nitrogens is 1. The molecule has 8 heteroatoms. The highest BCUT2D eigenvalue weighted by molar-refractivity contribution is 9.10. The van der Waals surface area contributed by atoms with E-state index in [0.717, 1.165) is 21.5 Å². The van der Waals surface area contributed by atoms with Crippen molar-refractivity contribution >= 4 is 44.2 Å². The highest BCUT2D eigenvalue weighted by Crippen LogP contribution is 2.26. The number of nitrogens with zero attached hydrogens (tertiary/aromatic N) is 1. The predicted molar refractivity (Wildman–Crippen MR) is 114 cm³/mol. The number of amides is 2. The van der Waals surface area contributed by atoms with E-state index in [4.69, 9.17) is 4.74 Å². The van der Waals surface area contributed by atoms with Crippen LogP contribution in [0.15, 0.2) is 58.4 Å². The van der Waals surface area contributed by atoms with Crippen LogP contribution >= 0.6 is 27.3 Å². The van der Waals surface area contributed by atoms with Crippen molar-refractivity contribution in [3.63, 3.8) is 0 Å². The van der Waals surface area contributed by atoms with Gasteiger partial charge < -0.3 is 15.4 Å². The molecule has 6 nitrogen and oxygen atoms in total. The summed E-state index contributed by atoms with van der Waals surface area (Å²) < 4.78 is 6.03. The average Bonchev–Trinajstić information content (AvgIpc) is 3.17. The number of benzene rings is 2. The van der Waals surface area contributed by atoms with Gasteiger partial charge in [0.2, 0.25) is 5.91 Å². The van der Waals surface area contributed by atoms with Gasteiger partial charge in [0.25, 0.3) is 5.91 Å². The molecule has 0 fully saturated rings. The second kappa shape index (κ2) is 8.99. The van der Waals surface area contributed by atoms with E-state index in [0.29, 0.717) is 10.7 Å². The van der Waals surface area contributed by atoms with Crippen LogP contribution in [0.3, 0.4) is 0 Å². The van der Waals surface area contributed by atoms with Gasteiger partial charge >= 0.3 is 0 Å². The molecule has 0 saturated heterocycles. The second-order valence-electron chi connectivity index (χ2n) is 5.96. The van der Waals surface area contributed by atoms with Crippen LogP contribution in [-0.4, -0.2) is 29.9 Å². The molecule has 3 aromatic rings. The Morgan fingerprint density at radius 2 is 1.79 bits per heavy atom. The molecule has 1 atom stereocenters. The maximum atomic E-state index is 12.4. The highest BCUT2D eigenvalue weighted by atomic mass is 79.9. The fourth-order valence-electron chi connectivity index (χ4n) is 2.39. The monoisotopic (exact) mass is 459 g/mol. The van der Waals surface area contributed by atoms with Crippen LogP contribution in [0.25, 0.3) is 11.3 Å². The van der Waals surface area contributed by atoms with Gasteiger partial charge in [0.1, 0.15) is 11.8 Å². The number of thiazole rings is 1. The molecule has 3 rings (SSSR count). The third-order valence-electron chi connectivity index (χ3n) is 3.97. The van der Waals surface area contributed by atoms with Crippen molar-refractivity contribution in [1.82, 2.24) is 10.3 Å². The molecule has 2 amide bonds. The van der Waals surface area contributed by atoms with E-state index < -0.39 is 6.04 Å². The van der Waals surface area contributed by atoms with Gasteiger partial charge in [-0.15, -0.1) is 11.3 Å². The molecule has 0 aliphatic heterocycles. The third kappa shape index (κ3) is 4.96. The first-order valence-corrected chi connectivity index (χ1v) is 10.1. The van der Waals surface area contributed by atoms with E-state index >= 15 is 0 Å². The number of hydrogen-bond acceptors (Lipinski definition) is 5. The van der Waals surface area contributed by atoms with Gasteiger partial charge in [0.15, 0.2) is 5.13 Å². The van der Waals surface area contributed by atoms with Crippen LogP contribution in [0.1, 0.15) is 17.3 Å². The summed E-state index contributed by atoms with van der Waals surface area (Å²) in [5.41, 5.74) is 2.17. The summed E-state index contributed by atoms with van der Waals surface area (Å²) in [5.74, 6) is 0.122. The van der Waals surface area contributed by atoms with Gasteiger partial charge in [-0.1, -0.05) is 15.9 Å². The van der Waals surface area contributed by atoms with Gasteiger partial charge in [-0.2, -0.15) is 0 Å². The fraction of sp³-hybridized carbons (Fsp3) is 0.150. The summed E-state index contributed by atoms with van der Waals surface area (Å²) in [5, 5.41) is 7.76. The summed E-state index contributed by atoms with van der Waals surface area (Å²) in [6.45, 7) is 1.63. The first-order valence-electron chi connectivity index (χ1n) is 8.43. The predicted octanol–water partition coefficient (Wildman–Crippen LogP) is 4.34. The van der Waals surface area contributed by atoms with Gasteiger partial charge in [-0.3, -0.25) is 9.59 Å². The Morgan fingerprint density at radius 1 is 1.11 bits per heavy atom. The Labute approximate surface area is 175 Å². The van der Waals surface area contributed by atoms with Crippen molar-refractivity contribution in [2.75, 3.05) is 12.4 Å². The molecule has 0 radical (unpaired) electrons. The van der Waals surface area contributed by atoms with Crippen LogP contribution in [-0.2, 0) is 4.79 Å². The smallest absolute Gasteiger partial charge is 0.251 e. The summed E-state index contributed by atoms with van der Waals surface area (Å²) in [6, 6.07) is 13.7. The number of carbonyl (C=O) groups excluding carboxylic acids is 2. The molecule has 0 aliphatic rings. The van der Waals surface area contributed by atoms with Gasteiger partial charge in [0.05, 0.1) is 12.8 Å². The quantitative estimate of drug-likeness (QED) is 0.574. The van der Waals surface area contributed by atoms with Crippen LogP contribution in [0.5, 0.6) is 5.75 Å². The number of methoxy groups -OCH3 is 1. The van der Waals surface area contributed by atoms with Crippen LogP contribution < -0.4 is 15.4 Å². The summed E-state index contributed by atoms with van der Waals surface area (Å²) >= 11 is 4.65. The average molecular weight is 460 g/mol. The first kappa shape index (κ1) is 20.0. The fourth-order valence-corrected chi connectivity index (χ4v) is 3.37. The second-order valence-corrected chi connectivity index (χ2v) is 7.73. The number of rotatable bonds is 6. The highest BCUT2D eigenvalue weighted by Gasteiger charge is 2.18. The molecule has 0 saturated carbocycles. The SMILES string of the molecule is COc1ccc(-c2csc(NC(=O)C(C)NC(=O)c3ccc(Br)cc3)n2)cc1. The van der Waals surface area contributed by atoms with E-state index in [9.17, 15) is 9.59 Å².